The van der Waals surface area contributed by atoms with E-state index in [0.717, 1.165) is 12.8 Å². The Morgan fingerprint density at radius 1 is 1.14 bits per heavy atom. The van der Waals surface area contributed by atoms with Crippen LogP contribution in [0.3, 0.4) is 0 Å². The van der Waals surface area contributed by atoms with Crippen molar-refractivity contribution in [1.29, 1.82) is 0 Å². The summed E-state index contributed by atoms with van der Waals surface area (Å²) in [5.41, 5.74) is 0. The van der Waals surface area contributed by atoms with Crippen molar-refractivity contribution in [2.24, 2.45) is 0 Å². The van der Waals surface area contributed by atoms with E-state index in [2.05, 4.69) is 11.9 Å². The zero-order chi connectivity index (χ0) is 15.5. The summed E-state index contributed by atoms with van der Waals surface area (Å²) in [5, 5.41) is 0. The van der Waals surface area contributed by atoms with Crippen molar-refractivity contribution in [3.05, 3.63) is 18.3 Å². The minimum atomic E-state index is -0.167. The highest BCUT2D eigenvalue weighted by Crippen LogP contribution is 2.23. The van der Waals surface area contributed by atoms with Crippen molar-refractivity contribution in [3.8, 4) is 5.75 Å². The lowest BCUT2D eigenvalue weighted by Gasteiger charge is -2.15. The molecule has 1 heterocycles. The van der Waals surface area contributed by atoms with Crippen LogP contribution in [0.25, 0.3) is 0 Å². The second kappa shape index (κ2) is 10.2. The molecule has 0 saturated carbocycles. The zero-order valence-corrected chi connectivity index (χ0v) is 13.6. The number of unbranched alkanes of at least 4 members (excludes halogenated alkanes) is 6. The Hall–Kier alpha value is -1.58. The molecule has 0 radical (unpaired) electrons. The molecule has 1 aromatic rings. The number of hydrogen-bond donors (Lipinski definition) is 0. The molecule has 0 aliphatic rings. The van der Waals surface area contributed by atoms with E-state index in [1.54, 1.807) is 18.3 Å². The third-order valence-corrected chi connectivity index (χ3v) is 3.38. The van der Waals surface area contributed by atoms with Crippen molar-refractivity contribution in [1.82, 2.24) is 4.98 Å². The first-order chi connectivity index (χ1) is 10.1. The molecule has 0 aliphatic heterocycles. The lowest BCUT2D eigenvalue weighted by atomic mass is 10.1. The molecular weight excluding hydrogens is 264 g/mol. The number of ether oxygens (including phenoxy) is 1. The van der Waals surface area contributed by atoms with Gasteiger partial charge in [-0.15, -0.1) is 0 Å². The van der Waals surface area contributed by atoms with E-state index in [-0.39, 0.29) is 5.97 Å². The van der Waals surface area contributed by atoms with Gasteiger partial charge in [-0.2, -0.15) is 0 Å². The molecule has 4 nitrogen and oxygen atoms in total. The molecule has 0 bridgehead atoms. The number of anilines is 1. The van der Waals surface area contributed by atoms with Gasteiger partial charge in [-0.3, -0.25) is 4.79 Å². The van der Waals surface area contributed by atoms with Gasteiger partial charge in [-0.05, 0) is 18.6 Å². The lowest BCUT2D eigenvalue weighted by molar-refractivity contribution is -0.134. The van der Waals surface area contributed by atoms with Crippen LogP contribution in [0.2, 0.25) is 0 Å². The highest BCUT2D eigenvalue weighted by molar-refractivity contribution is 5.74. The average Bonchev–Trinajstić information content (AvgIpc) is 2.46. The third kappa shape index (κ3) is 7.11. The van der Waals surface area contributed by atoms with Gasteiger partial charge < -0.3 is 9.64 Å². The minimum Gasteiger partial charge on any atom is -0.423 e. The fraction of sp³-hybridized carbons (Fsp3) is 0.647. The molecular formula is C17H28N2O2. The summed E-state index contributed by atoms with van der Waals surface area (Å²) in [6.07, 6.45) is 10.6. The summed E-state index contributed by atoms with van der Waals surface area (Å²) in [7, 11) is 3.77. The molecule has 0 N–H and O–H groups in total. The van der Waals surface area contributed by atoms with E-state index in [1.807, 2.05) is 19.0 Å². The molecule has 118 valence electrons. The largest absolute Gasteiger partial charge is 0.423 e. The highest BCUT2D eigenvalue weighted by atomic mass is 16.5. The lowest BCUT2D eigenvalue weighted by Crippen LogP contribution is -2.15. The molecule has 0 saturated heterocycles. The van der Waals surface area contributed by atoms with Crippen LogP contribution in [-0.2, 0) is 4.79 Å². The van der Waals surface area contributed by atoms with E-state index in [1.165, 1.54) is 32.1 Å². The molecule has 0 amide bonds. The maximum atomic E-state index is 11.9. The van der Waals surface area contributed by atoms with Crippen LogP contribution in [0.4, 0.5) is 5.82 Å². The fourth-order valence-corrected chi connectivity index (χ4v) is 2.20. The summed E-state index contributed by atoms with van der Waals surface area (Å²) >= 11 is 0. The number of carbonyl (C=O) groups excluding carboxylic acids is 1. The van der Waals surface area contributed by atoms with Crippen LogP contribution < -0.4 is 9.64 Å². The van der Waals surface area contributed by atoms with E-state index in [4.69, 9.17) is 4.74 Å². The van der Waals surface area contributed by atoms with Gasteiger partial charge in [-0.25, -0.2) is 4.98 Å². The molecule has 1 rings (SSSR count). The quantitative estimate of drug-likeness (QED) is 0.479. The van der Waals surface area contributed by atoms with Crippen LogP contribution in [0, 0.1) is 0 Å². The van der Waals surface area contributed by atoms with Crippen LogP contribution >= 0.6 is 0 Å². The number of esters is 1. The predicted molar refractivity (Wildman–Crippen MR) is 86.8 cm³/mol. The van der Waals surface area contributed by atoms with Crippen molar-refractivity contribution < 1.29 is 9.53 Å². The SMILES string of the molecule is CCCCCCCCCC(=O)Oc1cccnc1N(C)C. The van der Waals surface area contributed by atoms with Crippen LogP contribution in [0.15, 0.2) is 18.3 Å². The van der Waals surface area contributed by atoms with Crippen LogP contribution in [-0.4, -0.2) is 25.0 Å². The Morgan fingerprint density at radius 2 is 1.81 bits per heavy atom. The number of carbonyl (C=O) groups is 1. The Balaban J connectivity index is 2.25. The summed E-state index contributed by atoms with van der Waals surface area (Å²) in [4.78, 5) is 17.9. The zero-order valence-electron chi connectivity index (χ0n) is 13.6. The van der Waals surface area contributed by atoms with Crippen molar-refractivity contribution in [2.75, 3.05) is 19.0 Å². The van der Waals surface area contributed by atoms with Crippen molar-refractivity contribution >= 4 is 11.8 Å². The van der Waals surface area contributed by atoms with E-state index in [9.17, 15) is 4.79 Å². The van der Waals surface area contributed by atoms with Gasteiger partial charge in [0.25, 0.3) is 0 Å². The first-order valence-electron chi connectivity index (χ1n) is 7.98. The number of rotatable bonds is 10. The maximum absolute atomic E-state index is 11.9. The average molecular weight is 292 g/mol. The molecule has 1 aromatic heterocycles. The number of pyridine rings is 1. The molecule has 21 heavy (non-hydrogen) atoms. The Labute approximate surface area is 128 Å². The number of hydrogen-bond acceptors (Lipinski definition) is 4. The van der Waals surface area contributed by atoms with Crippen LogP contribution in [0.5, 0.6) is 5.75 Å². The minimum absolute atomic E-state index is 0.167. The first-order valence-corrected chi connectivity index (χ1v) is 7.98. The Bertz CT molecular complexity index is 419. The van der Waals surface area contributed by atoms with Gasteiger partial charge in [-0.1, -0.05) is 45.4 Å². The molecule has 0 spiro atoms. The maximum Gasteiger partial charge on any atom is 0.311 e. The van der Waals surface area contributed by atoms with Gasteiger partial charge in [0.2, 0.25) is 0 Å². The molecule has 0 fully saturated rings. The molecule has 0 atom stereocenters. The second-order valence-corrected chi connectivity index (χ2v) is 5.56. The summed E-state index contributed by atoms with van der Waals surface area (Å²) in [5.74, 6) is 1.06. The highest BCUT2D eigenvalue weighted by Gasteiger charge is 2.11. The topological polar surface area (TPSA) is 42.4 Å². The van der Waals surface area contributed by atoms with E-state index >= 15 is 0 Å². The van der Waals surface area contributed by atoms with E-state index < -0.39 is 0 Å². The van der Waals surface area contributed by atoms with Gasteiger partial charge in [0.1, 0.15) is 0 Å². The second-order valence-electron chi connectivity index (χ2n) is 5.56. The van der Waals surface area contributed by atoms with Gasteiger partial charge >= 0.3 is 5.97 Å². The molecule has 4 heteroatoms. The standard InChI is InChI=1S/C17H28N2O2/c1-4-5-6-7-8-9-10-13-16(20)21-15-12-11-14-18-17(15)19(2)3/h11-12,14H,4-10,13H2,1-3H3. The first kappa shape index (κ1) is 17.5. The third-order valence-electron chi connectivity index (χ3n) is 3.38. The summed E-state index contributed by atoms with van der Waals surface area (Å²) < 4.78 is 5.41. The summed E-state index contributed by atoms with van der Waals surface area (Å²) in [6, 6.07) is 3.56. The van der Waals surface area contributed by atoms with Crippen molar-refractivity contribution in [3.63, 3.8) is 0 Å². The Kier molecular flexibility index (Phi) is 8.48. The van der Waals surface area contributed by atoms with Crippen LogP contribution in [0.1, 0.15) is 58.3 Å². The fourth-order valence-electron chi connectivity index (χ4n) is 2.20. The number of nitrogens with zero attached hydrogens (tertiary/aromatic N) is 2. The smallest absolute Gasteiger partial charge is 0.311 e. The van der Waals surface area contributed by atoms with E-state index in [0.29, 0.717) is 18.0 Å². The van der Waals surface area contributed by atoms with Gasteiger partial charge in [0, 0.05) is 26.7 Å². The predicted octanol–water partition coefficient (Wildman–Crippen LogP) is 4.19. The normalized spacial score (nSPS) is 10.4. The van der Waals surface area contributed by atoms with Gasteiger partial charge in [0.05, 0.1) is 0 Å². The summed E-state index contributed by atoms with van der Waals surface area (Å²) in [6.45, 7) is 2.22. The number of aromatic nitrogens is 1. The molecule has 0 aromatic carbocycles. The van der Waals surface area contributed by atoms with Gasteiger partial charge in [0.15, 0.2) is 11.6 Å². The monoisotopic (exact) mass is 292 g/mol. The molecule has 0 aliphatic carbocycles. The Morgan fingerprint density at radius 3 is 2.48 bits per heavy atom. The molecule has 0 unspecified atom stereocenters. The van der Waals surface area contributed by atoms with Crippen molar-refractivity contribution in [2.45, 2.75) is 58.3 Å².